The van der Waals surface area contributed by atoms with E-state index >= 15 is 0 Å². The molecule has 3 aromatic rings. The van der Waals surface area contributed by atoms with Gasteiger partial charge in [-0.1, -0.05) is 6.92 Å². The molecule has 0 aliphatic heterocycles. The standard InChI is InChI=1S/C17H16N2O4S/c1-3-10-4-11-14(5-13(10)23-15(20)6-18)22-7-12(16(11)21)17-19-9(2)8-24-17/h4-5,7-8H,3,6,18H2,1-2H3/p+1. The van der Waals surface area contributed by atoms with Crippen molar-refractivity contribution in [3.8, 4) is 16.3 Å². The number of carbonyl (C=O) groups excluding carboxylic acids is 1. The fourth-order valence-electron chi connectivity index (χ4n) is 2.37. The summed E-state index contributed by atoms with van der Waals surface area (Å²) < 4.78 is 10.9. The molecule has 0 radical (unpaired) electrons. The van der Waals surface area contributed by atoms with Crippen LogP contribution in [0.15, 0.2) is 33.0 Å². The highest BCUT2D eigenvalue weighted by Gasteiger charge is 2.16. The molecule has 0 aliphatic rings. The maximum atomic E-state index is 12.8. The number of rotatable bonds is 4. The van der Waals surface area contributed by atoms with Gasteiger partial charge in [-0.2, -0.15) is 0 Å². The predicted molar refractivity (Wildman–Crippen MR) is 91.1 cm³/mol. The van der Waals surface area contributed by atoms with Crippen molar-refractivity contribution >= 4 is 28.3 Å². The molecule has 3 rings (SSSR count). The van der Waals surface area contributed by atoms with E-state index in [0.717, 1.165) is 11.3 Å². The van der Waals surface area contributed by atoms with Crippen molar-refractivity contribution in [2.75, 3.05) is 6.54 Å². The van der Waals surface area contributed by atoms with Crippen LogP contribution in [-0.4, -0.2) is 17.5 Å². The van der Waals surface area contributed by atoms with Gasteiger partial charge in [0.1, 0.15) is 22.6 Å². The van der Waals surface area contributed by atoms with Crippen LogP contribution in [-0.2, 0) is 11.2 Å². The minimum Gasteiger partial charge on any atom is -0.463 e. The molecule has 0 bridgehead atoms. The minimum atomic E-state index is -0.429. The predicted octanol–water partition coefficient (Wildman–Crippen LogP) is 1.93. The van der Waals surface area contributed by atoms with Crippen molar-refractivity contribution in [1.82, 2.24) is 4.98 Å². The Morgan fingerprint density at radius 1 is 1.42 bits per heavy atom. The van der Waals surface area contributed by atoms with Gasteiger partial charge in [0.25, 0.3) is 0 Å². The molecular formula is C17H17N2O4S+. The third-order valence-electron chi connectivity index (χ3n) is 3.61. The number of benzene rings is 1. The highest BCUT2D eigenvalue weighted by atomic mass is 32.1. The van der Waals surface area contributed by atoms with Crippen LogP contribution in [0.3, 0.4) is 0 Å². The van der Waals surface area contributed by atoms with E-state index in [1.165, 1.54) is 17.6 Å². The molecule has 7 heteroatoms. The zero-order valence-corrected chi connectivity index (χ0v) is 14.2. The van der Waals surface area contributed by atoms with Gasteiger partial charge in [0.2, 0.25) is 5.43 Å². The Kier molecular flexibility index (Phi) is 4.46. The summed E-state index contributed by atoms with van der Waals surface area (Å²) in [7, 11) is 0. The van der Waals surface area contributed by atoms with E-state index in [0.29, 0.717) is 33.7 Å². The quantitative estimate of drug-likeness (QED) is 0.576. The van der Waals surface area contributed by atoms with Gasteiger partial charge in [0, 0.05) is 17.1 Å². The van der Waals surface area contributed by atoms with E-state index in [-0.39, 0.29) is 12.0 Å². The van der Waals surface area contributed by atoms with Crippen LogP contribution in [0.25, 0.3) is 21.5 Å². The van der Waals surface area contributed by atoms with Crippen molar-refractivity contribution in [3.05, 3.63) is 45.3 Å². The van der Waals surface area contributed by atoms with Crippen LogP contribution in [0.1, 0.15) is 18.2 Å². The normalized spacial score (nSPS) is 11.0. The number of nitrogens with zero attached hydrogens (tertiary/aromatic N) is 1. The van der Waals surface area contributed by atoms with Crippen molar-refractivity contribution < 1.29 is 19.7 Å². The Morgan fingerprint density at radius 3 is 2.83 bits per heavy atom. The molecule has 2 aromatic heterocycles. The number of quaternary nitrogens is 1. The van der Waals surface area contributed by atoms with E-state index in [2.05, 4.69) is 10.7 Å². The Labute approximate surface area is 141 Å². The summed E-state index contributed by atoms with van der Waals surface area (Å²) in [6.07, 6.45) is 2.03. The number of ether oxygens (including phenoxy) is 1. The van der Waals surface area contributed by atoms with Gasteiger partial charge >= 0.3 is 5.97 Å². The molecule has 3 N–H and O–H groups in total. The third-order valence-corrected chi connectivity index (χ3v) is 4.61. The summed E-state index contributed by atoms with van der Waals surface area (Å²) in [5.74, 6) is -0.0269. The number of hydrogen-bond acceptors (Lipinski definition) is 6. The molecule has 0 aliphatic carbocycles. The Bertz CT molecular complexity index is 974. The van der Waals surface area contributed by atoms with Crippen molar-refractivity contribution in [3.63, 3.8) is 0 Å². The summed E-state index contributed by atoms with van der Waals surface area (Å²) in [5.41, 5.74) is 5.80. The summed E-state index contributed by atoms with van der Waals surface area (Å²) >= 11 is 1.40. The largest absolute Gasteiger partial charge is 0.463 e. The molecule has 0 saturated heterocycles. The first-order valence-electron chi connectivity index (χ1n) is 7.54. The van der Waals surface area contributed by atoms with Crippen LogP contribution in [0, 0.1) is 6.92 Å². The number of aromatic nitrogens is 1. The lowest BCUT2D eigenvalue weighted by molar-refractivity contribution is -0.358. The molecule has 2 heterocycles. The number of esters is 1. The van der Waals surface area contributed by atoms with Gasteiger partial charge < -0.3 is 14.9 Å². The van der Waals surface area contributed by atoms with E-state index in [4.69, 9.17) is 9.15 Å². The molecule has 0 unspecified atom stereocenters. The van der Waals surface area contributed by atoms with Crippen molar-refractivity contribution in [2.24, 2.45) is 0 Å². The first-order chi connectivity index (χ1) is 11.5. The summed E-state index contributed by atoms with van der Waals surface area (Å²) in [6.45, 7) is 3.84. The molecule has 0 spiro atoms. The van der Waals surface area contributed by atoms with E-state index in [1.807, 2.05) is 19.2 Å². The Morgan fingerprint density at radius 2 is 2.21 bits per heavy atom. The second kappa shape index (κ2) is 6.54. The highest BCUT2D eigenvalue weighted by molar-refractivity contribution is 7.13. The smallest absolute Gasteiger partial charge is 0.366 e. The molecule has 6 nitrogen and oxygen atoms in total. The molecule has 0 amide bonds. The van der Waals surface area contributed by atoms with Gasteiger partial charge in [-0.15, -0.1) is 11.3 Å². The molecular weight excluding hydrogens is 328 g/mol. The van der Waals surface area contributed by atoms with Gasteiger partial charge in [-0.25, -0.2) is 9.78 Å². The molecule has 0 fully saturated rings. The first-order valence-corrected chi connectivity index (χ1v) is 8.42. The number of thiazole rings is 1. The fourth-order valence-corrected chi connectivity index (χ4v) is 3.17. The average Bonchev–Trinajstić information content (AvgIpc) is 3.00. The van der Waals surface area contributed by atoms with Gasteiger partial charge in [0.05, 0.1) is 10.9 Å². The second-order valence-corrected chi connectivity index (χ2v) is 6.16. The molecule has 0 atom stereocenters. The van der Waals surface area contributed by atoms with Crippen LogP contribution in [0.4, 0.5) is 0 Å². The highest BCUT2D eigenvalue weighted by Crippen LogP contribution is 2.28. The van der Waals surface area contributed by atoms with Crippen LogP contribution < -0.4 is 15.9 Å². The SMILES string of the molecule is CCc1cc2c(=O)c(-c3nc(C)cs3)coc2cc1OC(=O)C[NH3+]. The maximum absolute atomic E-state index is 12.8. The lowest BCUT2D eigenvalue weighted by Crippen LogP contribution is -2.55. The lowest BCUT2D eigenvalue weighted by Gasteiger charge is -2.09. The maximum Gasteiger partial charge on any atom is 0.366 e. The van der Waals surface area contributed by atoms with Gasteiger partial charge in [-0.05, 0) is 25.0 Å². The fraction of sp³-hybridized carbons (Fsp3) is 0.235. The molecule has 1 aromatic carbocycles. The number of hydrogen-bond donors (Lipinski definition) is 1. The monoisotopic (exact) mass is 345 g/mol. The second-order valence-electron chi connectivity index (χ2n) is 5.31. The summed E-state index contributed by atoms with van der Waals surface area (Å²) in [4.78, 5) is 28.6. The number of carbonyl (C=O) groups is 1. The number of fused-ring (bicyclic) bond motifs is 1. The molecule has 24 heavy (non-hydrogen) atoms. The van der Waals surface area contributed by atoms with Gasteiger partial charge in [0.15, 0.2) is 6.54 Å². The van der Waals surface area contributed by atoms with Gasteiger partial charge in [-0.3, -0.25) is 4.79 Å². The average molecular weight is 345 g/mol. The lowest BCUT2D eigenvalue weighted by atomic mass is 10.1. The van der Waals surface area contributed by atoms with Crippen LogP contribution >= 0.6 is 11.3 Å². The molecule has 124 valence electrons. The van der Waals surface area contributed by atoms with Crippen LogP contribution in [0.2, 0.25) is 0 Å². The van der Waals surface area contributed by atoms with E-state index in [9.17, 15) is 9.59 Å². The summed E-state index contributed by atoms with van der Waals surface area (Å²) in [5, 5.41) is 2.97. The van der Waals surface area contributed by atoms with E-state index in [1.54, 1.807) is 12.1 Å². The van der Waals surface area contributed by atoms with Crippen molar-refractivity contribution in [2.45, 2.75) is 20.3 Å². The van der Waals surface area contributed by atoms with Crippen LogP contribution in [0.5, 0.6) is 5.75 Å². The number of aryl methyl sites for hydroxylation is 2. The zero-order valence-electron chi connectivity index (χ0n) is 13.4. The third kappa shape index (κ3) is 2.95. The van der Waals surface area contributed by atoms with Crippen molar-refractivity contribution in [1.29, 1.82) is 0 Å². The first kappa shape index (κ1) is 16.4. The topological polar surface area (TPSA) is 97.0 Å². The summed E-state index contributed by atoms with van der Waals surface area (Å²) in [6, 6.07) is 3.30. The Hall–Kier alpha value is -2.51. The Balaban J connectivity index is 2.17. The minimum absolute atomic E-state index is 0.0352. The molecule has 0 saturated carbocycles. The zero-order chi connectivity index (χ0) is 17.3. The van der Waals surface area contributed by atoms with E-state index < -0.39 is 5.97 Å².